The molecule has 2 aliphatic heterocycles. The summed E-state index contributed by atoms with van der Waals surface area (Å²) in [5, 5.41) is 13.5. The van der Waals surface area contributed by atoms with Crippen LogP contribution in [0.15, 0.2) is 18.2 Å². The Bertz CT molecular complexity index is 759. The van der Waals surface area contributed by atoms with E-state index in [4.69, 9.17) is 11.6 Å². The van der Waals surface area contributed by atoms with Crippen molar-refractivity contribution in [3.63, 3.8) is 0 Å². The Labute approximate surface area is 162 Å². The molecule has 0 aromatic heterocycles. The van der Waals surface area contributed by atoms with Crippen LogP contribution in [0.2, 0.25) is 5.02 Å². The average Bonchev–Trinajstić information content (AvgIpc) is 2.97. The van der Waals surface area contributed by atoms with Gasteiger partial charge >= 0.3 is 0 Å². The van der Waals surface area contributed by atoms with E-state index in [0.29, 0.717) is 23.9 Å². The third-order valence-corrected chi connectivity index (χ3v) is 6.33. The van der Waals surface area contributed by atoms with Gasteiger partial charge in [-0.25, -0.2) is 4.39 Å². The van der Waals surface area contributed by atoms with Crippen molar-refractivity contribution in [1.29, 1.82) is 0 Å². The molecule has 3 aliphatic rings. The Hall–Kier alpha value is -1.70. The van der Waals surface area contributed by atoms with E-state index in [1.807, 2.05) is 0 Å². The second kappa shape index (κ2) is 6.72. The fourth-order valence-corrected chi connectivity index (χ4v) is 4.81. The first kappa shape index (κ1) is 18.7. The van der Waals surface area contributed by atoms with Crippen LogP contribution >= 0.6 is 11.6 Å². The van der Waals surface area contributed by atoms with Gasteiger partial charge in [-0.1, -0.05) is 18.5 Å². The van der Waals surface area contributed by atoms with Gasteiger partial charge in [0.05, 0.1) is 0 Å². The summed E-state index contributed by atoms with van der Waals surface area (Å²) in [6.07, 6.45) is 0.0784. The van der Waals surface area contributed by atoms with E-state index in [0.717, 1.165) is 19.6 Å². The van der Waals surface area contributed by atoms with E-state index in [1.165, 1.54) is 18.2 Å². The predicted octanol–water partition coefficient (Wildman–Crippen LogP) is 1.01. The van der Waals surface area contributed by atoms with E-state index < -0.39 is 23.2 Å². The SMILES string of the molecule is CCN1C[C@@H]2C(N3CCC(O)(C(=O)NCc4cc(F)cc(Cl)c4)C3=O)[C@@H]2C1. The first-order chi connectivity index (χ1) is 12.8. The van der Waals surface area contributed by atoms with Crippen molar-refractivity contribution in [2.75, 3.05) is 26.2 Å². The van der Waals surface area contributed by atoms with Gasteiger partial charge in [0.2, 0.25) is 5.60 Å². The van der Waals surface area contributed by atoms with Crippen LogP contribution in [0.5, 0.6) is 0 Å². The summed E-state index contributed by atoms with van der Waals surface area (Å²) in [4.78, 5) is 29.3. The number of halogens is 2. The molecule has 1 aromatic rings. The van der Waals surface area contributed by atoms with Crippen LogP contribution in [-0.4, -0.2) is 64.5 Å². The van der Waals surface area contributed by atoms with Crippen LogP contribution in [-0.2, 0) is 16.1 Å². The number of rotatable bonds is 5. The van der Waals surface area contributed by atoms with Gasteiger partial charge in [-0.2, -0.15) is 0 Å². The highest BCUT2D eigenvalue weighted by molar-refractivity contribution is 6.30. The molecule has 2 heterocycles. The van der Waals surface area contributed by atoms with Gasteiger partial charge in [0.25, 0.3) is 11.8 Å². The third kappa shape index (κ3) is 3.22. The standard InChI is InChI=1S/C19H23ClFN3O3/c1-2-23-9-14-15(10-23)16(14)24-4-3-19(27,18(24)26)17(25)22-8-11-5-12(20)7-13(21)6-11/h5-7,14-16,27H,2-4,8-10H2,1H3,(H,22,25)/t14-,15+,16?,19?. The molecule has 2 N–H and O–H groups in total. The number of aliphatic hydroxyl groups is 1. The molecular formula is C19H23ClFN3O3. The zero-order valence-electron chi connectivity index (χ0n) is 15.1. The number of benzene rings is 1. The van der Waals surface area contributed by atoms with E-state index >= 15 is 0 Å². The smallest absolute Gasteiger partial charge is 0.264 e. The quantitative estimate of drug-likeness (QED) is 0.730. The first-order valence-electron chi connectivity index (χ1n) is 9.32. The van der Waals surface area contributed by atoms with Crippen molar-refractivity contribution >= 4 is 23.4 Å². The van der Waals surface area contributed by atoms with Gasteiger partial charge in [0.15, 0.2) is 0 Å². The largest absolute Gasteiger partial charge is 0.372 e. The molecule has 3 fully saturated rings. The zero-order chi connectivity index (χ0) is 19.3. The lowest BCUT2D eigenvalue weighted by molar-refractivity contribution is -0.155. The number of carbonyl (C=O) groups excluding carboxylic acids is 2. The first-order valence-corrected chi connectivity index (χ1v) is 9.70. The molecule has 2 saturated heterocycles. The number of piperidine rings is 1. The summed E-state index contributed by atoms with van der Waals surface area (Å²) in [5.74, 6) is -0.853. The van der Waals surface area contributed by atoms with Crippen molar-refractivity contribution < 1.29 is 19.1 Å². The highest BCUT2D eigenvalue weighted by Crippen LogP contribution is 2.50. The van der Waals surface area contributed by atoms with Crippen LogP contribution in [0.4, 0.5) is 4.39 Å². The van der Waals surface area contributed by atoms with Crippen LogP contribution in [0.25, 0.3) is 0 Å². The minimum atomic E-state index is -2.04. The maximum atomic E-state index is 13.4. The monoisotopic (exact) mass is 395 g/mol. The summed E-state index contributed by atoms with van der Waals surface area (Å²) >= 11 is 5.80. The van der Waals surface area contributed by atoms with Crippen molar-refractivity contribution in [2.45, 2.75) is 31.5 Å². The molecule has 1 saturated carbocycles. The number of amides is 2. The van der Waals surface area contributed by atoms with Crippen molar-refractivity contribution in [2.24, 2.45) is 11.8 Å². The molecule has 2 amide bonds. The molecule has 146 valence electrons. The summed E-state index contributed by atoms with van der Waals surface area (Å²) < 4.78 is 13.4. The lowest BCUT2D eigenvalue weighted by Crippen LogP contribution is -2.53. The van der Waals surface area contributed by atoms with Crippen LogP contribution in [0, 0.1) is 17.7 Å². The molecule has 4 rings (SSSR count). The minimum absolute atomic E-state index is 0.00789. The molecule has 1 aliphatic carbocycles. The normalized spacial score (nSPS) is 32.7. The number of hydrogen-bond donors (Lipinski definition) is 2. The van der Waals surface area contributed by atoms with E-state index in [-0.39, 0.29) is 24.0 Å². The number of carbonyl (C=O) groups is 2. The van der Waals surface area contributed by atoms with Gasteiger partial charge in [0, 0.05) is 43.7 Å². The molecular weight excluding hydrogens is 373 g/mol. The third-order valence-electron chi connectivity index (χ3n) is 6.11. The predicted molar refractivity (Wildman–Crippen MR) is 97.4 cm³/mol. The second-order valence-corrected chi connectivity index (χ2v) is 8.18. The molecule has 27 heavy (non-hydrogen) atoms. The summed E-state index contributed by atoms with van der Waals surface area (Å²) in [6.45, 7) is 5.45. The Morgan fingerprint density at radius 1 is 1.37 bits per heavy atom. The van der Waals surface area contributed by atoms with Gasteiger partial charge in [-0.3, -0.25) is 9.59 Å². The lowest BCUT2D eigenvalue weighted by Gasteiger charge is -2.25. The highest BCUT2D eigenvalue weighted by Gasteiger charge is 2.63. The number of hydrogen-bond acceptors (Lipinski definition) is 4. The van der Waals surface area contributed by atoms with E-state index in [9.17, 15) is 19.1 Å². The molecule has 1 aromatic carbocycles. The summed E-state index contributed by atoms with van der Waals surface area (Å²) in [5.41, 5.74) is -1.58. The van der Waals surface area contributed by atoms with Crippen molar-refractivity contribution in [3.05, 3.63) is 34.6 Å². The molecule has 0 radical (unpaired) electrons. The number of fused-ring (bicyclic) bond motifs is 1. The molecule has 8 heteroatoms. The Balaban J connectivity index is 1.37. The summed E-state index contributed by atoms with van der Waals surface area (Å²) in [6, 6.07) is 4.10. The number of nitrogens with one attached hydrogen (secondary N) is 1. The summed E-state index contributed by atoms with van der Waals surface area (Å²) in [7, 11) is 0. The Kier molecular flexibility index (Phi) is 4.64. The minimum Gasteiger partial charge on any atom is -0.372 e. The molecule has 2 unspecified atom stereocenters. The fourth-order valence-electron chi connectivity index (χ4n) is 4.57. The van der Waals surface area contributed by atoms with Gasteiger partial charge in [-0.15, -0.1) is 0 Å². The lowest BCUT2D eigenvalue weighted by atomic mass is 10.0. The van der Waals surface area contributed by atoms with Crippen LogP contribution in [0.3, 0.4) is 0 Å². The Morgan fingerprint density at radius 2 is 2.07 bits per heavy atom. The second-order valence-electron chi connectivity index (χ2n) is 7.74. The fraction of sp³-hybridized carbons (Fsp3) is 0.579. The topological polar surface area (TPSA) is 72.9 Å². The van der Waals surface area contributed by atoms with Gasteiger partial charge in [-0.05, 0) is 42.1 Å². The van der Waals surface area contributed by atoms with Gasteiger partial charge in [0.1, 0.15) is 5.82 Å². The highest BCUT2D eigenvalue weighted by atomic mass is 35.5. The molecule has 4 atom stereocenters. The van der Waals surface area contributed by atoms with Crippen LogP contribution < -0.4 is 5.32 Å². The van der Waals surface area contributed by atoms with Crippen molar-refractivity contribution in [1.82, 2.24) is 15.1 Å². The molecule has 6 nitrogen and oxygen atoms in total. The zero-order valence-corrected chi connectivity index (χ0v) is 15.9. The van der Waals surface area contributed by atoms with E-state index in [1.54, 1.807) is 4.90 Å². The van der Waals surface area contributed by atoms with E-state index in [2.05, 4.69) is 17.1 Å². The Morgan fingerprint density at radius 3 is 2.70 bits per heavy atom. The number of nitrogens with zero attached hydrogens (tertiary/aromatic N) is 2. The van der Waals surface area contributed by atoms with Crippen LogP contribution in [0.1, 0.15) is 18.9 Å². The molecule has 0 bridgehead atoms. The maximum absolute atomic E-state index is 13.4. The number of likely N-dealkylation sites (tertiary alicyclic amines) is 2. The van der Waals surface area contributed by atoms with Gasteiger partial charge < -0.3 is 20.2 Å². The average molecular weight is 396 g/mol. The maximum Gasteiger partial charge on any atom is 0.264 e. The van der Waals surface area contributed by atoms with Crippen molar-refractivity contribution in [3.8, 4) is 0 Å². The molecule has 0 spiro atoms.